The largest absolute Gasteiger partial charge is 0.497 e. The molecule has 1 N–H and O–H groups in total. The summed E-state index contributed by atoms with van der Waals surface area (Å²) < 4.78 is 23.7. The lowest BCUT2D eigenvalue weighted by molar-refractivity contribution is -0.122. The van der Waals surface area contributed by atoms with Gasteiger partial charge in [-0.1, -0.05) is 11.6 Å². The van der Waals surface area contributed by atoms with Gasteiger partial charge in [0.05, 0.1) is 30.8 Å². The van der Waals surface area contributed by atoms with Crippen LogP contribution in [0.5, 0.6) is 11.5 Å². The van der Waals surface area contributed by atoms with E-state index in [4.69, 9.17) is 21.1 Å². The summed E-state index contributed by atoms with van der Waals surface area (Å²) in [6.07, 6.45) is 0.0654. The molecule has 1 aliphatic rings. The third-order valence-electron chi connectivity index (χ3n) is 4.36. The van der Waals surface area contributed by atoms with Crippen molar-refractivity contribution in [1.82, 2.24) is 0 Å². The van der Waals surface area contributed by atoms with Crippen molar-refractivity contribution in [1.29, 1.82) is 0 Å². The molecule has 0 aromatic heterocycles. The zero-order chi connectivity index (χ0) is 19.6. The Kier molecular flexibility index (Phi) is 5.51. The van der Waals surface area contributed by atoms with Crippen molar-refractivity contribution >= 4 is 34.8 Å². The highest BCUT2D eigenvalue weighted by Gasteiger charge is 2.36. The first kappa shape index (κ1) is 19.0. The molecule has 0 spiro atoms. The lowest BCUT2D eigenvalue weighted by Gasteiger charge is -2.20. The highest BCUT2D eigenvalue weighted by atomic mass is 35.5. The molecule has 3 rings (SSSR count). The highest BCUT2D eigenvalue weighted by Crippen LogP contribution is 2.36. The van der Waals surface area contributed by atoms with Crippen molar-refractivity contribution < 1.29 is 23.5 Å². The van der Waals surface area contributed by atoms with Crippen molar-refractivity contribution in [3.8, 4) is 11.5 Å². The van der Waals surface area contributed by atoms with E-state index in [0.29, 0.717) is 22.9 Å². The molecule has 1 heterocycles. The highest BCUT2D eigenvalue weighted by molar-refractivity contribution is 6.31. The van der Waals surface area contributed by atoms with E-state index in [0.717, 1.165) is 0 Å². The fourth-order valence-corrected chi connectivity index (χ4v) is 3.12. The number of carbonyl (C=O) groups excluding carboxylic acids is 2. The van der Waals surface area contributed by atoms with Crippen LogP contribution in [0.1, 0.15) is 6.42 Å². The van der Waals surface area contributed by atoms with Gasteiger partial charge < -0.3 is 19.7 Å². The Morgan fingerprint density at radius 2 is 2.00 bits per heavy atom. The van der Waals surface area contributed by atoms with Crippen LogP contribution < -0.4 is 19.7 Å². The van der Waals surface area contributed by atoms with Gasteiger partial charge in [-0.3, -0.25) is 9.59 Å². The zero-order valence-electron chi connectivity index (χ0n) is 14.8. The fourth-order valence-electron chi connectivity index (χ4n) is 2.94. The third kappa shape index (κ3) is 3.98. The van der Waals surface area contributed by atoms with E-state index in [1.165, 1.54) is 37.3 Å². The van der Waals surface area contributed by atoms with Gasteiger partial charge in [0.15, 0.2) is 0 Å². The second-order valence-corrected chi connectivity index (χ2v) is 6.47. The molecule has 0 unspecified atom stereocenters. The van der Waals surface area contributed by atoms with Crippen LogP contribution in [-0.4, -0.2) is 32.6 Å². The van der Waals surface area contributed by atoms with Crippen LogP contribution in [0.2, 0.25) is 5.02 Å². The van der Waals surface area contributed by atoms with Gasteiger partial charge >= 0.3 is 0 Å². The number of ether oxygens (including phenoxy) is 2. The van der Waals surface area contributed by atoms with Gasteiger partial charge in [0, 0.05) is 24.7 Å². The first-order valence-corrected chi connectivity index (χ1v) is 8.59. The van der Waals surface area contributed by atoms with Crippen molar-refractivity contribution in [2.75, 3.05) is 31.0 Å². The molecule has 2 aromatic carbocycles. The lowest BCUT2D eigenvalue weighted by atomic mass is 10.1. The summed E-state index contributed by atoms with van der Waals surface area (Å²) >= 11 is 5.73. The molecular weight excluding hydrogens is 375 g/mol. The Balaban J connectivity index is 1.75. The van der Waals surface area contributed by atoms with E-state index in [1.807, 2.05) is 0 Å². The number of hydrogen-bond donors (Lipinski definition) is 1. The van der Waals surface area contributed by atoms with Gasteiger partial charge in [-0.2, -0.15) is 0 Å². The summed E-state index contributed by atoms with van der Waals surface area (Å²) in [5.74, 6) is -0.549. The molecule has 0 saturated carbocycles. The maximum Gasteiger partial charge on any atom is 0.229 e. The molecule has 8 heteroatoms. The van der Waals surface area contributed by atoms with E-state index >= 15 is 0 Å². The molecule has 27 heavy (non-hydrogen) atoms. The summed E-state index contributed by atoms with van der Waals surface area (Å²) in [4.78, 5) is 26.5. The van der Waals surface area contributed by atoms with Crippen molar-refractivity contribution in [3.05, 3.63) is 47.2 Å². The van der Waals surface area contributed by atoms with Crippen LogP contribution in [0.15, 0.2) is 36.4 Å². The molecule has 0 bridgehead atoms. The fraction of sp³-hybridized carbons (Fsp3) is 0.263. The van der Waals surface area contributed by atoms with Gasteiger partial charge in [0.2, 0.25) is 11.8 Å². The predicted octanol–water partition coefficient (Wildman–Crippen LogP) is 3.49. The Labute approximate surface area is 160 Å². The molecule has 2 aromatic rings. The Morgan fingerprint density at radius 3 is 2.67 bits per heavy atom. The minimum atomic E-state index is -0.566. The van der Waals surface area contributed by atoms with E-state index in [2.05, 4.69) is 5.32 Å². The smallest absolute Gasteiger partial charge is 0.229 e. The van der Waals surface area contributed by atoms with Gasteiger partial charge in [0.1, 0.15) is 17.3 Å². The molecule has 1 fully saturated rings. The van der Waals surface area contributed by atoms with Crippen LogP contribution in [-0.2, 0) is 9.59 Å². The summed E-state index contributed by atoms with van der Waals surface area (Å²) in [7, 11) is 3.04. The van der Waals surface area contributed by atoms with Crippen LogP contribution in [0.3, 0.4) is 0 Å². The lowest BCUT2D eigenvalue weighted by Crippen LogP contribution is -2.28. The molecule has 2 amide bonds. The second-order valence-electron chi connectivity index (χ2n) is 6.06. The maximum absolute atomic E-state index is 13.2. The zero-order valence-corrected chi connectivity index (χ0v) is 15.5. The number of carbonyl (C=O) groups is 2. The number of rotatable bonds is 5. The maximum atomic E-state index is 13.2. The van der Waals surface area contributed by atoms with E-state index in [-0.39, 0.29) is 29.8 Å². The molecular formula is C19H18ClFN2O4. The molecule has 0 radical (unpaired) electrons. The van der Waals surface area contributed by atoms with Gasteiger partial charge in [-0.25, -0.2) is 4.39 Å². The van der Waals surface area contributed by atoms with E-state index in [9.17, 15) is 14.0 Å². The summed E-state index contributed by atoms with van der Waals surface area (Å²) in [6.45, 7) is 0.211. The summed E-state index contributed by atoms with van der Waals surface area (Å²) in [5, 5.41) is 2.59. The van der Waals surface area contributed by atoms with Crippen molar-refractivity contribution in [2.45, 2.75) is 6.42 Å². The van der Waals surface area contributed by atoms with Gasteiger partial charge in [-0.15, -0.1) is 0 Å². The average Bonchev–Trinajstić information content (AvgIpc) is 3.05. The molecule has 1 aliphatic heterocycles. The molecule has 6 nitrogen and oxygen atoms in total. The first-order valence-electron chi connectivity index (χ1n) is 8.21. The second kappa shape index (κ2) is 7.84. The van der Waals surface area contributed by atoms with Gasteiger partial charge in [-0.05, 0) is 30.3 Å². The number of benzene rings is 2. The summed E-state index contributed by atoms with van der Waals surface area (Å²) in [6, 6.07) is 9.04. The number of anilines is 2. The quantitative estimate of drug-likeness (QED) is 0.845. The molecule has 142 valence electrons. The van der Waals surface area contributed by atoms with E-state index in [1.54, 1.807) is 18.2 Å². The average molecular weight is 393 g/mol. The van der Waals surface area contributed by atoms with Crippen molar-refractivity contribution in [2.24, 2.45) is 5.92 Å². The molecule has 1 atom stereocenters. The monoisotopic (exact) mass is 392 g/mol. The Hall–Kier alpha value is -2.80. The van der Waals surface area contributed by atoms with Gasteiger partial charge in [0.25, 0.3) is 0 Å². The standard InChI is InChI=1S/C19H18ClFN2O4/c1-26-13-4-6-16(17(9-13)27-2)23-10-11(7-18(23)24)19(25)22-12-3-5-15(21)14(20)8-12/h3-6,8-9,11H,7,10H2,1-2H3,(H,22,25)/t11-/m0/s1. The topological polar surface area (TPSA) is 67.9 Å². The number of amides is 2. The van der Waals surface area contributed by atoms with Crippen LogP contribution in [0.25, 0.3) is 0 Å². The first-order chi connectivity index (χ1) is 12.9. The van der Waals surface area contributed by atoms with Crippen LogP contribution >= 0.6 is 11.6 Å². The third-order valence-corrected chi connectivity index (χ3v) is 4.65. The number of nitrogens with one attached hydrogen (secondary N) is 1. The molecule has 0 aliphatic carbocycles. The Bertz CT molecular complexity index is 890. The van der Waals surface area contributed by atoms with E-state index < -0.39 is 11.7 Å². The minimum absolute atomic E-state index is 0.0654. The minimum Gasteiger partial charge on any atom is -0.497 e. The SMILES string of the molecule is COc1ccc(N2C[C@@H](C(=O)Nc3ccc(F)c(Cl)c3)CC2=O)c(OC)c1. The van der Waals surface area contributed by atoms with Crippen LogP contribution in [0.4, 0.5) is 15.8 Å². The normalized spacial score (nSPS) is 16.4. The number of methoxy groups -OCH3 is 2. The number of halogens is 2. The van der Waals surface area contributed by atoms with Crippen LogP contribution in [0, 0.1) is 11.7 Å². The van der Waals surface area contributed by atoms with Crippen molar-refractivity contribution in [3.63, 3.8) is 0 Å². The Morgan fingerprint density at radius 1 is 1.22 bits per heavy atom. The number of hydrogen-bond acceptors (Lipinski definition) is 4. The summed E-state index contributed by atoms with van der Waals surface area (Å²) in [5.41, 5.74) is 0.947. The molecule has 1 saturated heterocycles. The number of nitrogens with zero attached hydrogens (tertiary/aromatic N) is 1. The predicted molar refractivity (Wildman–Crippen MR) is 100 cm³/mol.